The van der Waals surface area contributed by atoms with Crippen LogP contribution in [0, 0.1) is 0 Å². The Morgan fingerprint density at radius 1 is 1.33 bits per heavy atom. The molecular formula is C18H28N2O. The number of likely N-dealkylation sites (N-methyl/N-ethyl adjacent to an activating group) is 1. The summed E-state index contributed by atoms with van der Waals surface area (Å²) in [7, 11) is 1.75. The third kappa shape index (κ3) is 2.69. The zero-order chi connectivity index (χ0) is 14.8. The van der Waals surface area contributed by atoms with E-state index in [0.29, 0.717) is 12.1 Å². The Kier molecular flexibility index (Phi) is 4.51. The minimum absolute atomic E-state index is 0.451. The molecule has 0 radical (unpaired) electrons. The smallest absolute Gasteiger partial charge is 0.119 e. The summed E-state index contributed by atoms with van der Waals surface area (Å²) >= 11 is 0. The van der Waals surface area contributed by atoms with E-state index in [2.05, 4.69) is 42.3 Å². The Balaban J connectivity index is 1.89. The second-order valence-electron chi connectivity index (χ2n) is 6.31. The molecule has 3 nitrogen and oxygen atoms in total. The maximum Gasteiger partial charge on any atom is 0.119 e. The fourth-order valence-electron chi connectivity index (χ4n) is 4.23. The Morgan fingerprint density at radius 3 is 2.90 bits per heavy atom. The monoisotopic (exact) mass is 288 g/mol. The molecule has 3 rings (SSSR count). The summed E-state index contributed by atoms with van der Waals surface area (Å²) in [5, 5.41) is 3.73. The van der Waals surface area contributed by atoms with Gasteiger partial charge in [0.1, 0.15) is 5.75 Å². The predicted octanol–water partition coefficient (Wildman–Crippen LogP) is 3.14. The Hall–Kier alpha value is -1.06. The minimum Gasteiger partial charge on any atom is -0.497 e. The average Bonchev–Trinajstić information content (AvgIpc) is 3.11. The number of fused-ring (bicyclic) bond motifs is 1. The molecular weight excluding hydrogens is 260 g/mol. The van der Waals surface area contributed by atoms with Crippen molar-refractivity contribution in [3.8, 4) is 5.75 Å². The zero-order valence-corrected chi connectivity index (χ0v) is 13.6. The van der Waals surface area contributed by atoms with Gasteiger partial charge in [0, 0.05) is 18.1 Å². The molecule has 1 N–H and O–H groups in total. The van der Waals surface area contributed by atoms with Gasteiger partial charge in [0.2, 0.25) is 0 Å². The third-order valence-corrected chi connectivity index (χ3v) is 5.25. The van der Waals surface area contributed by atoms with Gasteiger partial charge < -0.3 is 10.1 Å². The lowest BCUT2D eigenvalue weighted by molar-refractivity contribution is 0.149. The van der Waals surface area contributed by atoms with Crippen molar-refractivity contribution in [2.24, 2.45) is 0 Å². The summed E-state index contributed by atoms with van der Waals surface area (Å²) in [5.41, 5.74) is 2.94. The van der Waals surface area contributed by atoms with Gasteiger partial charge in [0.05, 0.1) is 7.11 Å². The first-order chi connectivity index (χ1) is 10.3. The van der Waals surface area contributed by atoms with Crippen LogP contribution in [0.5, 0.6) is 5.75 Å². The van der Waals surface area contributed by atoms with Gasteiger partial charge in [0.15, 0.2) is 0 Å². The van der Waals surface area contributed by atoms with Crippen molar-refractivity contribution < 1.29 is 4.74 Å². The molecule has 0 bridgehead atoms. The van der Waals surface area contributed by atoms with E-state index in [0.717, 1.165) is 18.3 Å². The van der Waals surface area contributed by atoms with Gasteiger partial charge in [-0.1, -0.05) is 19.9 Å². The van der Waals surface area contributed by atoms with Crippen LogP contribution in [0.2, 0.25) is 0 Å². The van der Waals surface area contributed by atoms with Gasteiger partial charge in [-0.3, -0.25) is 4.90 Å². The van der Waals surface area contributed by atoms with Gasteiger partial charge in [-0.2, -0.15) is 0 Å². The molecule has 0 saturated carbocycles. The highest BCUT2D eigenvalue weighted by atomic mass is 16.5. The summed E-state index contributed by atoms with van der Waals surface area (Å²) in [6.07, 6.45) is 5.17. The third-order valence-electron chi connectivity index (χ3n) is 5.25. The number of methoxy groups -OCH3 is 1. The molecule has 1 aromatic rings. The van der Waals surface area contributed by atoms with Crippen molar-refractivity contribution >= 4 is 0 Å². The van der Waals surface area contributed by atoms with Gasteiger partial charge in [-0.05, 0) is 62.0 Å². The van der Waals surface area contributed by atoms with Crippen LogP contribution < -0.4 is 10.1 Å². The lowest BCUT2D eigenvalue weighted by Gasteiger charge is -2.34. The number of rotatable bonds is 5. The second-order valence-corrected chi connectivity index (χ2v) is 6.31. The standard InChI is InChI=1S/C18H28N2O/c1-4-14-7-6-10-20(14)17-11-13-8-9-15(21-3)12-16(13)18(17)19-5-2/h8-9,12,14,17-19H,4-7,10-11H2,1-3H3. The largest absolute Gasteiger partial charge is 0.497 e. The highest BCUT2D eigenvalue weighted by Gasteiger charge is 2.39. The van der Waals surface area contributed by atoms with E-state index in [1.807, 2.05) is 0 Å². The Bertz CT molecular complexity index is 488. The minimum atomic E-state index is 0.451. The molecule has 2 aliphatic rings. The number of hydrogen-bond acceptors (Lipinski definition) is 3. The predicted molar refractivity (Wildman–Crippen MR) is 86.9 cm³/mol. The summed E-state index contributed by atoms with van der Waals surface area (Å²) < 4.78 is 5.43. The van der Waals surface area contributed by atoms with Crippen LogP contribution in [0.1, 0.15) is 50.3 Å². The van der Waals surface area contributed by atoms with E-state index >= 15 is 0 Å². The lowest BCUT2D eigenvalue weighted by atomic mass is 10.0. The van der Waals surface area contributed by atoms with Crippen LogP contribution in [0.25, 0.3) is 0 Å². The average molecular weight is 288 g/mol. The summed E-state index contributed by atoms with van der Waals surface area (Å²) in [6, 6.07) is 8.43. The quantitative estimate of drug-likeness (QED) is 0.901. The van der Waals surface area contributed by atoms with E-state index < -0.39 is 0 Å². The molecule has 1 aliphatic heterocycles. The number of hydrogen-bond donors (Lipinski definition) is 1. The van der Waals surface area contributed by atoms with Crippen molar-refractivity contribution in [1.29, 1.82) is 0 Å². The van der Waals surface area contributed by atoms with Crippen molar-refractivity contribution in [1.82, 2.24) is 10.2 Å². The topological polar surface area (TPSA) is 24.5 Å². The van der Waals surface area contributed by atoms with Crippen LogP contribution in [-0.4, -0.2) is 37.2 Å². The molecule has 3 heteroatoms. The number of ether oxygens (including phenoxy) is 1. The van der Waals surface area contributed by atoms with E-state index in [9.17, 15) is 0 Å². The van der Waals surface area contributed by atoms with E-state index in [-0.39, 0.29) is 0 Å². The Morgan fingerprint density at radius 2 is 2.19 bits per heavy atom. The fourth-order valence-corrected chi connectivity index (χ4v) is 4.23. The SMILES string of the molecule is CCNC1c2cc(OC)ccc2CC1N1CCCC1CC. The zero-order valence-electron chi connectivity index (χ0n) is 13.6. The second kappa shape index (κ2) is 6.37. The highest BCUT2D eigenvalue weighted by molar-refractivity contribution is 5.43. The van der Waals surface area contributed by atoms with Crippen molar-refractivity contribution in [2.75, 3.05) is 20.2 Å². The number of nitrogens with one attached hydrogen (secondary N) is 1. The first kappa shape index (κ1) is 14.9. The van der Waals surface area contributed by atoms with E-state index in [1.54, 1.807) is 7.11 Å². The van der Waals surface area contributed by atoms with Gasteiger partial charge in [-0.15, -0.1) is 0 Å². The Labute approximate surface area is 128 Å². The summed E-state index contributed by atoms with van der Waals surface area (Å²) in [4.78, 5) is 2.76. The molecule has 3 unspecified atom stereocenters. The van der Waals surface area contributed by atoms with Crippen LogP contribution in [0.3, 0.4) is 0 Å². The summed E-state index contributed by atoms with van der Waals surface area (Å²) in [5.74, 6) is 0.978. The van der Waals surface area contributed by atoms with Gasteiger partial charge >= 0.3 is 0 Å². The molecule has 1 saturated heterocycles. The maximum absolute atomic E-state index is 5.43. The highest BCUT2D eigenvalue weighted by Crippen LogP contribution is 2.39. The van der Waals surface area contributed by atoms with E-state index in [1.165, 1.54) is 43.4 Å². The van der Waals surface area contributed by atoms with Gasteiger partial charge in [-0.25, -0.2) is 0 Å². The number of benzene rings is 1. The molecule has 1 aliphatic carbocycles. The number of likely N-dealkylation sites (tertiary alicyclic amines) is 1. The molecule has 0 amide bonds. The maximum atomic E-state index is 5.43. The van der Waals surface area contributed by atoms with Crippen molar-refractivity contribution in [2.45, 2.75) is 57.7 Å². The normalized spacial score (nSPS) is 28.8. The first-order valence-corrected chi connectivity index (χ1v) is 8.44. The van der Waals surface area contributed by atoms with Gasteiger partial charge in [0.25, 0.3) is 0 Å². The molecule has 3 atom stereocenters. The fraction of sp³-hybridized carbons (Fsp3) is 0.667. The van der Waals surface area contributed by atoms with Crippen LogP contribution in [0.15, 0.2) is 18.2 Å². The van der Waals surface area contributed by atoms with E-state index in [4.69, 9.17) is 4.74 Å². The molecule has 0 aromatic heterocycles. The van der Waals surface area contributed by atoms with Crippen molar-refractivity contribution in [3.05, 3.63) is 29.3 Å². The van der Waals surface area contributed by atoms with Crippen LogP contribution >= 0.6 is 0 Å². The molecule has 1 heterocycles. The van der Waals surface area contributed by atoms with Crippen LogP contribution in [0.4, 0.5) is 0 Å². The lowest BCUT2D eigenvalue weighted by Crippen LogP contribution is -2.45. The number of nitrogens with zero attached hydrogens (tertiary/aromatic N) is 1. The molecule has 1 fully saturated rings. The molecule has 21 heavy (non-hydrogen) atoms. The molecule has 116 valence electrons. The van der Waals surface area contributed by atoms with Crippen molar-refractivity contribution in [3.63, 3.8) is 0 Å². The summed E-state index contributed by atoms with van der Waals surface area (Å²) in [6.45, 7) is 6.81. The van der Waals surface area contributed by atoms with Crippen LogP contribution in [-0.2, 0) is 6.42 Å². The molecule has 0 spiro atoms. The molecule has 1 aromatic carbocycles. The first-order valence-electron chi connectivity index (χ1n) is 8.44.